The summed E-state index contributed by atoms with van der Waals surface area (Å²) in [7, 11) is 1.57. The molecule has 2 aromatic rings. The zero-order chi connectivity index (χ0) is 13.0. The van der Waals surface area contributed by atoms with Gasteiger partial charge in [-0.3, -0.25) is 0 Å². The van der Waals surface area contributed by atoms with Gasteiger partial charge in [-0.1, -0.05) is 28.1 Å². The standard InChI is InChI=1S/C12H11Br2N3O/c1-18-11-10(14)7-16-12(17-11)15-6-8-3-2-4-9(13)5-8/h2-5,7H,6H2,1H3,(H,15,16,17). The van der Waals surface area contributed by atoms with Gasteiger partial charge in [0.05, 0.1) is 17.8 Å². The van der Waals surface area contributed by atoms with Crippen LogP contribution in [0.1, 0.15) is 5.56 Å². The third-order valence-corrected chi connectivity index (χ3v) is 3.28. The van der Waals surface area contributed by atoms with Gasteiger partial charge in [0.2, 0.25) is 11.8 Å². The van der Waals surface area contributed by atoms with Crippen molar-refractivity contribution in [1.29, 1.82) is 0 Å². The van der Waals surface area contributed by atoms with Gasteiger partial charge in [0.1, 0.15) is 0 Å². The zero-order valence-corrected chi connectivity index (χ0v) is 12.8. The predicted octanol–water partition coefficient (Wildman–Crippen LogP) is 3.62. The highest BCUT2D eigenvalue weighted by molar-refractivity contribution is 9.10. The fourth-order valence-corrected chi connectivity index (χ4v) is 2.21. The molecule has 1 aromatic heterocycles. The van der Waals surface area contributed by atoms with Crippen LogP contribution in [0.4, 0.5) is 5.95 Å². The van der Waals surface area contributed by atoms with Crippen molar-refractivity contribution in [2.45, 2.75) is 6.54 Å². The summed E-state index contributed by atoms with van der Waals surface area (Å²) in [6.07, 6.45) is 1.66. The number of hydrogen-bond donors (Lipinski definition) is 1. The van der Waals surface area contributed by atoms with Gasteiger partial charge < -0.3 is 10.1 Å². The molecule has 0 saturated heterocycles. The number of anilines is 1. The molecule has 0 saturated carbocycles. The minimum atomic E-state index is 0.516. The maximum Gasteiger partial charge on any atom is 0.232 e. The van der Waals surface area contributed by atoms with Crippen molar-refractivity contribution in [3.63, 3.8) is 0 Å². The average molecular weight is 373 g/mol. The van der Waals surface area contributed by atoms with Crippen LogP contribution in [-0.2, 0) is 6.54 Å². The van der Waals surface area contributed by atoms with Crippen molar-refractivity contribution in [3.8, 4) is 5.88 Å². The number of halogens is 2. The monoisotopic (exact) mass is 371 g/mol. The van der Waals surface area contributed by atoms with E-state index in [1.54, 1.807) is 13.3 Å². The number of benzene rings is 1. The summed E-state index contributed by atoms with van der Waals surface area (Å²) in [5.41, 5.74) is 1.15. The lowest BCUT2D eigenvalue weighted by atomic mass is 10.2. The molecule has 6 heteroatoms. The van der Waals surface area contributed by atoms with Gasteiger partial charge in [0.25, 0.3) is 0 Å². The van der Waals surface area contributed by atoms with Gasteiger partial charge >= 0.3 is 0 Å². The number of nitrogens with zero attached hydrogens (tertiary/aromatic N) is 2. The van der Waals surface area contributed by atoms with Crippen LogP contribution in [0.3, 0.4) is 0 Å². The molecule has 94 valence electrons. The number of methoxy groups -OCH3 is 1. The summed E-state index contributed by atoms with van der Waals surface area (Å²) in [5, 5.41) is 3.15. The molecule has 0 fully saturated rings. The van der Waals surface area contributed by atoms with Gasteiger partial charge in [-0.15, -0.1) is 0 Å². The van der Waals surface area contributed by atoms with Crippen molar-refractivity contribution in [3.05, 3.63) is 45.0 Å². The number of ether oxygens (including phenoxy) is 1. The van der Waals surface area contributed by atoms with Crippen molar-refractivity contribution in [2.24, 2.45) is 0 Å². The molecule has 0 spiro atoms. The van der Waals surface area contributed by atoms with Crippen LogP contribution in [0.25, 0.3) is 0 Å². The number of hydrogen-bond acceptors (Lipinski definition) is 4. The first-order valence-corrected chi connectivity index (χ1v) is 6.82. The van der Waals surface area contributed by atoms with Gasteiger partial charge in [-0.2, -0.15) is 4.98 Å². The molecule has 0 aliphatic rings. The molecule has 1 aromatic carbocycles. The lowest BCUT2D eigenvalue weighted by Gasteiger charge is -2.07. The molecule has 0 bridgehead atoms. The summed E-state index contributed by atoms with van der Waals surface area (Å²) in [4.78, 5) is 8.39. The van der Waals surface area contributed by atoms with E-state index in [1.807, 2.05) is 24.3 Å². The van der Waals surface area contributed by atoms with Crippen molar-refractivity contribution in [1.82, 2.24) is 9.97 Å². The van der Waals surface area contributed by atoms with Crippen LogP contribution in [0.2, 0.25) is 0 Å². The molecule has 1 N–H and O–H groups in total. The van der Waals surface area contributed by atoms with Crippen LogP contribution in [-0.4, -0.2) is 17.1 Å². The Bertz CT molecular complexity index is 549. The minimum absolute atomic E-state index is 0.516. The molecule has 1 heterocycles. The second-order valence-corrected chi connectivity index (χ2v) is 5.30. The molecule has 0 unspecified atom stereocenters. The summed E-state index contributed by atoms with van der Waals surface area (Å²) >= 11 is 6.75. The van der Waals surface area contributed by atoms with Gasteiger partial charge in [0.15, 0.2) is 0 Å². The number of nitrogens with one attached hydrogen (secondary N) is 1. The Labute approximate surface area is 122 Å². The lowest BCUT2D eigenvalue weighted by Crippen LogP contribution is -2.04. The van der Waals surface area contributed by atoms with E-state index in [1.165, 1.54) is 0 Å². The van der Waals surface area contributed by atoms with Crippen LogP contribution in [0.15, 0.2) is 39.4 Å². The third kappa shape index (κ3) is 3.43. The van der Waals surface area contributed by atoms with Crippen LogP contribution in [0.5, 0.6) is 5.88 Å². The van der Waals surface area contributed by atoms with Crippen molar-refractivity contribution in [2.75, 3.05) is 12.4 Å². The number of aromatic nitrogens is 2. The van der Waals surface area contributed by atoms with E-state index in [2.05, 4.69) is 47.1 Å². The molecule has 2 rings (SSSR count). The van der Waals surface area contributed by atoms with E-state index >= 15 is 0 Å². The first kappa shape index (κ1) is 13.3. The Balaban J connectivity index is 2.06. The highest BCUT2D eigenvalue weighted by Gasteiger charge is 2.04. The second kappa shape index (κ2) is 6.15. The average Bonchev–Trinajstić information content (AvgIpc) is 2.38. The molecular weight excluding hydrogens is 362 g/mol. The molecule has 0 atom stereocenters. The first-order chi connectivity index (χ1) is 8.69. The van der Waals surface area contributed by atoms with E-state index in [0.29, 0.717) is 18.4 Å². The normalized spacial score (nSPS) is 10.2. The van der Waals surface area contributed by atoms with Gasteiger partial charge in [0, 0.05) is 11.0 Å². The zero-order valence-electron chi connectivity index (χ0n) is 9.65. The maximum absolute atomic E-state index is 5.11. The van der Waals surface area contributed by atoms with Crippen molar-refractivity contribution >= 4 is 37.8 Å². The summed E-state index contributed by atoms with van der Waals surface area (Å²) in [5.74, 6) is 1.05. The molecule has 18 heavy (non-hydrogen) atoms. The molecule has 0 radical (unpaired) electrons. The minimum Gasteiger partial charge on any atom is -0.480 e. The maximum atomic E-state index is 5.11. The Morgan fingerprint density at radius 3 is 2.89 bits per heavy atom. The Morgan fingerprint density at radius 2 is 2.17 bits per heavy atom. The molecule has 0 aliphatic heterocycles. The molecule has 0 amide bonds. The fourth-order valence-electron chi connectivity index (χ4n) is 1.41. The van der Waals surface area contributed by atoms with Gasteiger partial charge in [-0.25, -0.2) is 4.98 Å². The van der Waals surface area contributed by atoms with E-state index in [9.17, 15) is 0 Å². The van der Waals surface area contributed by atoms with E-state index in [-0.39, 0.29) is 0 Å². The predicted molar refractivity (Wildman–Crippen MR) is 77.8 cm³/mol. The summed E-state index contributed by atoms with van der Waals surface area (Å²) in [6.45, 7) is 0.657. The summed E-state index contributed by atoms with van der Waals surface area (Å²) in [6, 6.07) is 8.06. The smallest absolute Gasteiger partial charge is 0.232 e. The molecule has 4 nitrogen and oxygen atoms in total. The van der Waals surface area contributed by atoms with E-state index < -0.39 is 0 Å². The van der Waals surface area contributed by atoms with E-state index in [4.69, 9.17) is 4.74 Å². The highest BCUT2D eigenvalue weighted by Crippen LogP contribution is 2.22. The first-order valence-electron chi connectivity index (χ1n) is 5.24. The summed E-state index contributed by atoms with van der Waals surface area (Å²) < 4.78 is 6.90. The molecular formula is C12H11Br2N3O. The third-order valence-electron chi connectivity index (χ3n) is 2.24. The largest absolute Gasteiger partial charge is 0.480 e. The lowest BCUT2D eigenvalue weighted by molar-refractivity contribution is 0.394. The van der Waals surface area contributed by atoms with Crippen LogP contribution >= 0.6 is 31.9 Å². The second-order valence-electron chi connectivity index (χ2n) is 3.53. The fraction of sp³-hybridized carbons (Fsp3) is 0.167. The topological polar surface area (TPSA) is 47.0 Å². The van der Waals surface area contributed by atoms with E-state index in [0.717, 1.165) is 14.5 Å². The SMILES string of the molecule is COc1nc(NCc2cccc(Br)c2)ncc1Br. The Hall–Kier alpha value is -1.14. The quantitative estimate of drug-likeness (QED) is 0.890. The Morgan fingerprint density at radius 1 is 1.33 bits per heavy atom. The molecule has 0 aliphatic carbocycles. The number of rotatable bonds is 4. The van der Waals surface area contributed by atoms with Crippen LogP contribution in [0, 0.1) is 0 Å². The van der Waals surface area contributed by atoms with Crippen LogP contribution < -0.4 is 10.1 Å². The highest BCUT2D eigenvalue weighted by atomic mass is 79.9. The van der Waals surface area contributed by atoms with Gasteiger partial charge in [-0.05, 0) is 33.6 Å². The van der Waals surface area contributed by atoms with Crippen molar-refractivity contribution < 1.29 is 4.74 Å². The Kier molecular flexibility index (Phi) is 4.54.